The number of hydrogen-bond acceptors (Lipinski definition) is 22. The summed E-state index contributed by atoms with van der Waals surface area (Å²) in [5, 5.41) is 67.2. The molecule has 0 unspecified atom stereocenters. The molecule has 0 spiro atoms. The highest BCUT2D eigenvalue weighted by Crippen LogP contribution is 2.45. The largest absolute Gasteiger partial charge is 0.506 e. The first-order valence-corrected chi connectivity index (χ1v) is 26.5. The highest BCUT2D eigenvalue weighted by molar-refractivity contribution is 7.91. The minimum Gasteiger partial charge on any atom is -0.506 e. The lowest BCUT2D eigenvalue weighted by Gasteiger charge is -2.14. The van der Waals surface area contributed by atoms with E-state index in [0.717, 1.165) is 61.0 Å². The molecule has 364 valence electrons. The Bertz CT molecular complexity index is 3800. The minimum absolute atomic E-state index is 0.0124. The lowest BCUT2D eigenvalue weighted by Crippen LogP contribution is -2.07. The van der Waals surface area contributed by atoms with Crippen LogP contribution in [-0.4, -0.2) is 90.7 Å². The maximum atomic E-state index is 12.6. The number of fused-ring (bicyclic) bond motifs is 2. The molecule has 1 aromatic heterocycles. The number of rotatable bonds is 14. The van der Waals surface area contributed by atoms with Crippen molar-refractivity contribution in [3.63, 3.8) is 0 Å². The van der Waals surface area contributed by atoms with Gasteiger partial charge in [-0.2, -0.15) is 31.8 Å². The third-order valence-electron chi connectivity index (χ3n) is 10.1. The fraction of sp³-hybridized carbons (Fsp3) is 0.0465. The molecule has 1 heterocycles. The van der Waals surface area contributed by atoms with Gasteiger partial charge in [-0.1, -0.05) is 18.2 Å². The smallest absolute Gasteiger partial charge is 0.296 e. The van der Waals surface area contributed by atoms with Gasteiger partial charge in [0.25, 0.3) is 20.2 Å². The molecule has 0 amide bonds. The number of anilines is 6. The number of para-hydroxylation sites is 1. The molecule has 8 rings (SSSR count). The van der Waals surface area contributed by atoms with Gasteiger partial charge in [0.2, 0.25) is 17.8 Å². The van der Waals surface area contributed by atoms with Gasteiger partial charge in [0, 0.05) is 40.3 Å². The van der Waals surface area contributed by atoms with E-state index < -0.39 is 84.1 Å². The van der Waals surface area contributed by atoms with Gasteiger partial charge >= 0.3 is 0 Å². The van der Waals surface area contributed by atoms with Crippen LogP contribution in [-0.2, 0) is 39.9 Å². The van der Waals surface area contributed by atoms with Crippen molar-refractivity contribution in [3.8, 4) is 23.0 Å². The van der Waals surface area contributed by atoms with Crippen LogP contribution in [0.2, 0.25) is 0 Å². The standard InChI is InChI=1S/C43H34N10O14S4/c1-68(58,59)27-10-14-33(54)31(20-27)50-52-37-35(70(62,63)64)18-22-16-25(8-12-29(22)39(37)56)45-42-47-41(44-24-6-4-3-5-7-24)48-43(49-42)46-26-9-13-30-23(17-26)19-36(71(65,66)67)38(40(30)57)53-51-32-21-28(69(2,60)61)11-15-34(32)55/h3-21,54-57H,1-2H3,(H,62,63,64)(H,65,66,67)(H3,44,45,46,47,48,49). The first kappa shape index (κ1) is 49.0. The third kappa shape index (κ3) is 10.9. The highest BCUT2D eigenvalue weighted by atomic mass is 32.2. The molecule has 71 heavy (non-hydrogen) atoms. The van der Waals surface area contributed by atoms with Crippen molar-refractivity contribution in [2.24, 2.45) is 20.5 Å². The predicted molar refractivity (Wildman–Crippen MR) is 258 cm³/mol. The van der Waals surface area contributed by atoms with Gasteiger partial charge < -0.3 is 36.4 Å². The minimum atomic E-state index is -5.12. The number of hydrogen-bond donors (Lipinski definition) is 9. The Morgan fingerprint density at radius 2 is 0.817 bits per heavy atom. The van der Waals surface area contributed by atoms with Gasteiger partial charge in [-0.15, -0.1) is 20.5 Å². The van der Waals surface area contributed by atoms with Crippen molar-refractivity contribution >= 4 is 119 Å². The molecule has 0 aliphatic carbocycles. The van der Waals surface area contributed by atoms with Gasteiger partial charge in [0.1, 0.15) is 44.0 Å². The van der Waals surface area contributed by atoms with E-state index in [-0.39, 0.29) is 71.9 Å². The van der Waals surface area contributed by atoms with Crippen molar-refractivity contribution < 1.29 is 63.2 Å². The van der Waals surface area contributed by atoms with Gasteiger partial charge in [-0.3, -0.25) is 9.11 Å². The number of sulfone groups is 2. The molecule has 0 atom stereocenters. The zero-order valence-corrected chi connectivity index (χ0v) is 39.4. The van der Waals surface area contributed by atoms with Crippen LogP contribution in [0.15, 0.2) is 155 Å². The van der Waals surface area contributed by atoms with Crippen molar-refractivity contribution in [1.82, 2.24) is 15.0 Å². The lowest BCUT2D eigenvalue weighted by molar-refractivity contribution is 0.471. The summed E-state index contributed by atoms with van der Waals surface area (Å²) in [6.45, 7) is 0. The van der Waals surface area contributed by atoms with E-state index in [1.54, 1.807) is 30.3 Å². The van der Waals surface area contributed by atoms with Crippen molar-refractivity contribution in [2.75, 3.05) is 28.5 Å². The summed E-state index contributed by atoms with van der Waals surface area (Å²) in [7, 11) is -17.7. The number of aromatic nitrogens is 3. The number of benzene rings is 7. The van der Waals surface area contributed by atoms with E-state index in [1.807, 2.05) is 0 Å². The average Bonchev–Trinajstić information content (AvgIpc) is 3.28. The Morgan fingerprint density at radius 3 is 1.18 bits per heavy atom. The maximum absolute atomic E-state index is 12.6. The van der Waals surface area contributed by atoms with Gasteiger partial charge in [0.15, 0.2) is 31.2 Å². The lowest BCUT2D eigenvalue weighted by atomic mass is 10.1. The Hall–Kier alpha value is -8.41. The summed E-state index contributed by atoms with van der Waals surface area (Å²) in [4.78, 5) is 11.1. The molecule has 24 nitrogen and oxygen atoms in total. The van der Waals surface area contributed by atoms with Crippen LogP contribution in [0.25, 0.3) is 21.5 Å². The van der Waals surface area contributed by atoms with E-state index in [4.69, 9.17) is 0 Å². The van der Waals surface area contributed by atoms with E-state index in [0.29, 0.717) is 5.69 Å². The molecule has 8 aromatic rings. The summed E-state index contributed by atoms with van der Waals surface area (Å²) >= 11 is 0. The fourth-order valence-corrected chi connectivity index (χ4v) is 9.33. The molecule has 0 aliphatic rings. The fourth-order valence-electron chi connectivity index (χ4n) is 6.73. The van der Waals surface area contributed by atoms with Crippen molar-refractivity contribution in [3.05, 3.63) is 115 Å². The summed E-state index contributed by atoms with van der Waals surface area (Å²) < 4.78 is 119. The zero-order chi connectivity index (χ0) is 51.2. The van der Waals surface area contributed by atoms with Crippen LogP contribution in [0.3, 0.4) is 0 Å². The monoisotopic (exact) mass is 1040 g/mol. The number of aromatic hydroxyl groups is 4. The van der Waals surface area contributed by atoms with Gasteiger partial charge in [-0.25, -0.2) is 16.8 Å². The molecule has 0 fully saturated rings. The van der Waals surface area contributed by atoms with Gasteiger partial charge in [-0.05, 0) is 108 Å². The topological polar surface area (TPSA) is 382 Å². The van der Waals surface area contributed by atoms with Gasteiger partial charge in [0.05, 0.1) is 9.79 Å². The molecule has 0 saturated heterocycles. The molecule has 9 N–H and O–H groups in total. The number of nitrogens with one attached hydrogen (secondary N) is 3. The molecule has 0 bridgehead atoms. The highest BCUT2D eigenvalue weighted by Gasteiger charge is 2.25. The second kappa shape index (κ2) is 18.5. The normalized spacial score (nSPS) is 12.5. The summed E-state index contributed by atoms with van der Waals surface area (Å²) in [6, 6.07) is 25.3. The Balaban J connectivity index is 1.15. The quantitative estimate of drug-likeness (QED) is 0.0364. The molecule has 0 aliphatic heterocycles. The summed E-state index contributed by atoms with van der Waals surface area (Å²) in [5.74, 6) is -2.79. The Morgan fingerprint density at radius 1 is 0.437 bits per heavy atom. The summed E-state index contributed by atoms with van der Waals surface area (Å²) in [6.07, 6.45) is 1.83. The first-order valence-electron chi connectivity index (χ1n) is 19.9. The van der Waals surface area contributed by atoms with Crippen LogP contribution < -0.4 is 16.0 Å². The second-order valence-electron chi connectivity index (χ2n) is 15.3. The van der Waals surface area contributed by atoms with E-state index in [2.05, 4.69) is 51.4 Å². The Labute approximate surface area is 402 Å². The molecular weight excluding hydrogens is 1010 g/mol. The molecule has 0 radical (unpaired) electrons. The van der Waals surface area contributed by atoms with Crippen LogP contribution in [0.4, 0.5) is 57.7 Å². The second-order valence-corrected chi connectivity index (χ2v) is 22.1. The first-order chi connectivity index (χ1) is 33.3. The number of phenolic OH excluding ortho intramolecular Hbond substituents is 4. The molecular formula is C43H34N10O14S4. The molecule has 0 saturated carbocycles. The van der Waals surface area contributed by atoms with Crippen molar-refractivity contribution in [2.45, 2.75) is 19.6 Å². The number of azo groups is 2. The average molecular weight is 1040 g/mol. The van der Waals surface area contributed by atoms with E-state index >= 15 is 0 Å². The third-order valence-corrected chi connectivity index (χ3v) is 14.1. The SMILES string of the molecule is CS(=O)(=O)c1ccc(O)c(N=Nc2c(S(=O)(=O)O)cc3cc(Nc4nc(Nc5ccccc5)nc(Nc5ccc6c(O)c(N=Nc7cc(S(C)(=O)=O)ccc7O)c(S(=O)(=O)O)cc6c5)n4)ccc3c2O)c1. The number of phenols is 4. The maximum Gasteiger partial charge on any atom is 0.296 e. The summed E-state index contributed by atoms with van der Waals surface area (Å²) in [5.41, 5.74) is -1.24. The van der Waals surface area contributed by atoms with E-state index in [1.165, 1.54) is 36.4 Å². The van der Waals surface area contributed by atoms with E-state index in [9.17, 15) is 63.2 Å². The van der Waals surface area contributed by atoms with Crippen LogP contribution in [0.5, 0.6) is 23.0 Å². The van der Waals surface area contributed by atoms with Crippen molar-refractivity contribution in [1.29, 1.82) is 0 Å². The number of nitrogens with zero attached hydrogens (tertiary/aromatic N) is 7. The Kier molecular flexibility index (Phi) is 12.8. The zero-order valence-electron chi connectivity index (χ0n) is 36.2. The molecule has 7 aromatic carbocycles. The van der Waals surface area contributed by atoms with Crippen LogP contribution in [0, 0.1) is 0 Å². The molecule has 28 heteroatoms. The van der Waals surface area contributed by atoms with Crippen LogP contribution in [0.1, 0.15) is 0 Å². The predicted octanol–water partition coefficient (Wildman–Crippen LogP) is 8.36. The van der Waals surface area contributed by atoms with Crippen LogP contribution >= 0.6 is 0 Å².